The van der Waals surface area contributed by atoms with Crippen LogP contribution in [0.5, 0.6) is 0 Å². The quantitative estimate of drug-likeness (QED) is 0.616. The molecular formula is C15H12ClN3O4S. The first kappa shape index (κ1) is 16.3. The number of hydrogen-bond acceptors (Lipinski definition) is 4. The molecule has 0 aliphatic carbocycles. The van der Waals surface area contributed by atoms with E-state index in [1.807, 2.05) is 6.92 Å². The Morgan fingerprint density at radius 1 is 0.958 bits per heavy atom. The molecule has 0 bridgehead atoms. The normalized spacial score (nSPS) is 11.6. The molecule has 3 rings (SSSR count). The molecular weight excluding hydrogens is 354 g/mol. The lowest BCUT2D eigenvalue weighted by Gasteiger charge is -2.10. The second kappa shape index (κ2) is 5.81. The molecule has 0 fully saturated rings. The maximum Gasteiger partial charge on any atom is 0.314 e. The van der Waals surface area contributed by atoms with E-state index in [2.05, 4.69) is 14.7 Å². The van der Waals surface area contributed by atoms with Crippen LogP contribution in [0, 0.1) is 6.92 Å². The highest BCUT2D eigenvalue weighted by molar-refractivity contribution is 7.92. The molecule has 9 heteroatoms. The molecule has 0 saturated carbocycles. The Kier molecular flexibility index (Phi) is 3.94. The maximum absolute atomic E-state index is 12.5. The number of benzene rings is 2. The van der Waals surface area contributed by atoms with Gasteiger partial charge >= 0.3 is 11.1 Å². The Morgan fingerprint density at radius 3 is 2.29 bits per heavy atom. The van der Waals surface area contributed by atoms with Gasteiger partial charge in [0.1, 0.15) is 0 Å². The number of aryl methyl sites for hydroxylation is 1. The highest BCUT2D eigenvalue weighted by Crippen LogP contribution is 2.26. The molecule has 0 spiro atoms. The van der Waals surface area contributed by atoms with Crippen LogP contribution >= 0.6 is 11.6 Å². The smallest absolute Gasteiger partial charge is 0.314 e. The lowest BCUT2D eigenvalue weighted by molar-refractivity contribution is 0.601. The molecule has 0 aliphatic rings. The van der Waals surface area contributed by atoms with Gasteiger partial charge in [0.25, 0.3) is 10.0 Å². The van der Waals surface area contributed by atoms with Gasteiger partial charge in [0.15, 0.2) is 0 Å². The minimum atomic E-state index is -3.91. The van der Waals surface area contributed by atoms with E-state index < -0.39 is 21.1 Å². The van der Waals surface area contributed by atoms with Crippen molar-refractivity contribution >= 4 is 38.3 Å². The molecule has 0 aliphatic heterocycles. The summed E-state index contributed by atoms with van der Waals surface area (Å²) in [6.45, 7) is 1.84. The minimum Gasteiger partial charge on any atom is -0.316 e. The summed E-state index contributed by atoms with van der Waals surface area (Å²) in [6, 6.07) is 8.92. The Balaban J connectivity index is 2.06. The van der Waals surface area contributed by atoms with Gasteiger partial charge in [-0.1, -0.05) is 17.7 Å². The predicted octanol–water partition coefficient (Wildman–Crippen LogP) is 1.98. The lowest BCUT2D eigenvalue weighted by Crippen LogP contribution is -2.29. The van der Waals surface area contributed by atoms with Crippen LogP contribution in [-0.4, -0.2) is 18.4 Å². The van der Waals surface area contributed by atoms with Gasteiger partial charge in [-0.05, 0) is 42.8 Å². The van der Waals surface area contributed by atoms with Gasteiger partial charge in [-0.2, -0.15) is 0 Å². The molecule has 7 nitrogen and oxygen atoms in total. The predicted molar refractivity (Wildman–Crippen MR) is 92.2 cm³/mol. The summed E-state index contributed by atoms with van der Waals surface area (Å²) >= 11 is 6.04. The van der Waals surface area contributed by atoms with E-state index in [0.29, 0.717) is 5.52 Å². The van der Waals surface area contributed by atoms with Gasteiger partial charge < -0.3 is 9.97 Å². The van der Waals surface area contributed by atoms with Crippen molar-refractivity contribution in [3.63, 3.8) is 0 Å². The van der Waals surface area contributed by atoms with Crippen molar-refractivity contribution in [2.45, 2.75) is 11.8 Å². The van der Waals surface area contributed by atoms with Crippen LogP contribution in [-0.2, 0) is 10.0 Å². The summed E-state index contributed by atoms with van der Waals surface area (Å²) in [5.41, 5.74) is 0.0196. The van der Waals surface area contributed by atoms with Crippen molar-refractivity contribution in [3.8, 4) is 0 Å². The van der Waals surface area contributed by atoms with Crippen LogP contribution in [0.1, 0.15) is 5.56 Å². The Hall–Kier alpha value is -2.58. The van der Waals surface area contributed by atoms with Gasteiger partial charge in [-0.3, -0.25) is 14.3 Å². The molecule has 0 amide bonds. The zero-order valence-corrected chi connectivity index (χ0v) is 14.0. The van der Waals surface area contributed by atoms with Crippen LogP contribution in [0.25, 0.3) is 11.0 Å². The number of hydrogen-bond donors (Lipinski definition) is 3. The van der Waals surface area contributed by atoms with Crippen molar-refractivity contribution in [3.05, 3.63) is 67.7 Å². The molecule has 0 radical (unpaired) electrons. The summed E-state index contributed by atoms with van der Waals surface area (Å²) in [6.07, 6.45) is 0. The maximum atomic E-state index is 12.5. The molecule has 1 heterocycles. The first-order chi connectivity index (χ1) is 11.3. The number of sulfonamides is 1. The molecule has 0 atom stereocenters. The van der Waals surface area contributed by atoms with Gasteiger partial charge in [0.2, 0.25) is 0 Å². The fourth-order valence-corrected chi connectivity index (χ4v) is 3.61. The van der Waals surface area contributed by atoms with Crippen LogP contribution in [0.2, 0.25) is 5.02 Å². The zero-order chi connectivity index (χ0) is 17.5. The largest absolute Gasteiger partial charge is 0.316 e. The Morgan fingerprint density at radius 2 is 1.62 bits per heavy atom. The van der Waals surface area contributed by atoms with Gasteiger partial charge in [0, 0.05) is 0 Å². The minimum absolute atomic E-state index is 0.0747. The topological polar surface area (TPSA) is 112 Å². The summed E-state index contributed by atoms with van der Waals surface area (Å²) in [5.74, 6) is 0. The summed E-state index contributed by atoms with van der Waals surface area (Å²) in [7, 11) is -3.91. The summed E-state index contributed by atoms with van der Waals surface area (Å²) < 4.78 is 27.4. The fraction of sp³-hybridized carbons (Fsp3) is 0.0667. The Labute approximate surface area is 141 Å². The molecule has 3 aromatic rings. The zero-order valence-electron chi connectivity index (χ0n) is 12.4. The first-order valence-corrected chi connectivity index (χ1v) is 8.68. The monoisotopic (exact) mass is 365 g/mol. The molecule has 3 N–H and O–H groups in total. The van der Waals surface area contributed by atoms with E-state index >= 15 is 0 Å². The van der Waals surface area contributed by atoms with E-state index in [4.69, 9.17) is 11.6 Å². The molecule has 1 aromatic heterocycles. The number of H-pyrrole nitrogens is 2. The van der Waals surface area contributed by atoms with E-state index in [9.17, 15) is 18.0 Å². The number of anilines is 1. The van der Waals surface area contributed by atoms with Crippen molar-refractivity contribution in [2.24, 2.45) is 0 Å². The van der Waals surface area contributed by atoms with Crippen LogP contribution in [0.3, 0.4) is 0 Å². The third-order valence-electron chi connectivity index (χ3n) is 3.37. The summed E-state index contributed by atoms with van der Waals surface area (Å²) in [4.78, 5) is 27.3. The van der Waals surface area contributed by atoms with Crippen molar-refractivity contribution < 1.29 is 8.42 Å². The average Bonchev–Trinajstić information content (AvgIpc) is 2.51. The van der Waals surface area contributed by atoms with Gasteiger partial charge in [-0.15, -0.1) is 0 Å². The molecule has 124 valence electrons. The van der Waals surface area contributed by atoms with E-state index in [1.54, 1.807) is 18.2 Å². The van der Waals surface area contributed by atoms with Crippen LogP contribution < -0.4 is 15.8 Å². The highest BCUT2D eigenvalue weighted by atomic mass is 35.5. The SMILES string of the molecule is Cc1ccc(NS(=O)(=O)c2ccc3[nH]c(=O)c(=O)[nH]c3c2)c(Cl)c1. The molecule has 2 aromatic carbocycles. The van der Waals surface area contributed by atoms with Crippen molar-refractivity contribution in [1.82, 2.24) is 9.97 Å². The lowest BCUT2D eigenvalue weighted by atomic mass is 10.2. The Bertz CT molecular complexity index is 1170. The van der Waals surface area contributed by atoms with Gasteiger partial charge in [0.05, 0.1) is 26.6 Å². The first-order valence-electron chi connectivity index (χ1n) is 6.81. The third kappa shape index (κ3) is 3.06. The number of aromatic amines is 2. The summed E-state index contributed by atoms with van der Waals surface area (Å²) in [5, 5.41) is 0.275. The molecule has 0 unspecified atom stereocenters. The number of nitrogens with one attached hydrogen (secondary N) is 3. The number of halogens is 1. The van der Waals surface area contributed by atoms with Gasteiger partial charge in [-0.25, -0.2) is 8.42 Å². The average molecular weight is 366 g/mol. The highest BCUT2D eigenvalue weighted by Gasteiger charge is 2.17. The standard InChI is InChI=1S/C15H12ClN3O4S/c1-8-2-4-11(10(16)6-8)19-24(22,23)9-3-5-12-13(7-9)18-15(21)14(20)17-12/h2-7,19H,1H3,(H,17,20)(H,18,21). The number of rotatable bonds is 3. The fourth-order valence-electron chi connectivity index (χ4n) is 2.17. The third-order valence-corrected chi connectivity index (χ3v) is 5.05. The molecule has 0 saturated heterocycles. The van der Waals surface area contributed by atoms with E-state index in [0.717, 1.165) is 5.56 Å². The molecule has 24 heavy (non-hydrogen) atoms. The number of aromatic nitrogens is 2. The second-order valence-electron chi connectivity index (χ2n) is 5.20. The number of fused-ring (bicyclic) bond motifs is 1. The van der Waals surface area contributed by atoms with Crippen LogP contribution in [0.4, 0.5) is 5.69 Å². The van der Waals surface area contributed by atoms with Crippen LogP contribution in [0.15, 0.2) is 50.9 Å². The van der Waals surface area contributed by atoms with E-state index in [-0.39, 0.29) is 21.1 Å². The van der Waals surface area contributed by atoms with Crippen molar-refractivity contribution in [2.75, 3.05) is 4.72 Å². The second-order valence-corrected chi connectivity index (χ2v) is 7.29. The van der Waals surface area contributed by atoms with Crippen molar-refractivity contribution in [1.29, 1.82) is 0 Å². The van der Waals surface area contributed by atoms with E-state index in [1.165, 1.54) is 18.2 Å².